The van der Waals surface area contributed by atoms with E-state index in [9.17, 15) is 4.39 Å². The molecule has 2 aromatic rings. The first kappa shape index (κ1) is 14.1. The minimum Gasteiger partial charge on any atom is -0.494 e. The SMILES string of the molecule is CCCOc1cccc(C(Br)c2ccc(F)cc2)c1. The molecule has 19 heavy (non-hydrogen) atoms. The van der Waals surface area contributed by atoms with E-state index in [1.807, 2.05) is 24.3 Å². The van der Waals surface area contributed by atoms with Crippen LogP contribution in [-0.4, -0.2) is 6.61 Å². The van der Waals surface area contributed by atoms with Crippen molar-refractivity contribution in [2.75, 3.05) is 6.61 Å². The fraction of sp³-hybridized carbons (Fsp3) is 0.250. The topological polar surface area (TPSA) is 9.23 Å². The summed E-state index contributed by atoms with van der Waals surface area (Å²) in [5, 5.41) is 0. The van der Waals surface area contributed by atoms with E-state index in [4.69, 9.17) is 4.74 Å². The van der Waals surface area contributed by atoms with E-state index in [1.165, 1.54) is 12.1 Å². The van der Waals surface area contributed by atoms with E-state index in [1.54, 1.807) is 12.1 Å². The van der Waals surface area contributed by atoms with Crippen molar-refractivity contribution in [1.29, 1.82) is 0 Å². The molecule has 0 amide bonds. The van der Waals surface area contributed by atoms with Gasteiger partial charge in [-0.25, -0.2) is 4.39 Å². The van der Waals surface area contributed by atoms with E-state index in [-0.39, 0.29) is 10.6 Å². The lowest BCUT2D eigenvalue weighted by Gasteiger charge is -2.12. The van der Waals surface area contributed by atoms with Crippen molar-refractivity contribution in [3.8, 4) is 5.75 Å². The highest BCUT2D eigenvalue weighted by atomic mass is 79.9. The highest BCUT2D eigenvalue weighted by molar-refractivity contribution is 9.09. The Labute approximate surface area is 121 Å². The van der Waals surface area contributed by atoms with E-state index >= 15 is 0 Å². The van der Waals surface area contributed by atoms with Gasteiger partial charge in [0.2, 0.25) is 0 Å². The molecule has 0 saturated heterocycles. The summed E-state index contributed by atoms with van der Waals surface area (Å²) < 4.78 is 18.5. The fourth-order valence-corrected chi connectivity index (χ4v) is 2.40. The van der Waals surface area contributed by atoms with E-state index in [0.717, 1.165) is 23.3 Å². The molecule has 0 aromatic heterocycles. The number of alkyl halides is 1. The quantitative estimate of drug-likeness (QED) is 0.696. The fourth-order valence-electron chi connectivity index (χ4n) is 1.81. The third kappa shape index (κ3) is 3.80. The Balaban J connectivity index is 2.18. The molecule has 1 nitrogen and oxygen atoms in total. The minimum absolute atomic E-state index is 0.0401. The molecule has 0 spiro atoms. The molecular formula is C16H16BrFO. The monoisotopic (exact) mass is 322 g/mol. The molecule has 100 valence electrons. The third-order valence-electron chi connectivity index (χ3n) is 2.79. The van der Waals surface area contributed by atoms with Gasteiger partial charge in [-0.1, -0.05) is 47.1 Å². The molecule has 1 unspecified atom stereocenters. The van der Waals surface area contributed by atoms with Crippen molar-refractivity contribution in [2.45, 2.75) is 18.2 Å². The Morgan fingerprint density at radius 2 is 1.84 bits per heavy atom. The van der Waals surface area contributed by atoms with Crippen LogP contribution in [0.25, 0.3) is 0 Å². The van der Waals surface area contributed by atoms with Crippen LogP contribution in [0, 0.1) is 5.82 Å². The van der Waals surface area contributed by atoms with Crippen molar-refractivity contribution in [3.05, 3.63) is 65.5 Å². The predicted molar refractivity (Wildman–Crippen MR) is 79.4 cm³/mol. The molecule has 0 radical (unpaired) electrons. The first-order chi connectivity index (χ1) is 9.20. The molecule has 0 aliphatic rings. The molecule has 2 rings (SSSR count). The largest absolute Gasteiger partial charge is 0.494 e. The molecular weight excluding hydrogens is 307 g/mol. The van der Waals surface area contributed by atoms with Gasteiger partial charge in [0.25, 0.3) is 0 Å². The van der Waals surface area contributed by atoms with Crippen LogP contribution in [0.15, 0.2) is 48.5 Å². The number of halogens is 2. The van der Waals surface area contributed by atoms with Gasteiger partial charge in [0.05, 0.1) is 11.4 Å². The van der Waals surface area contributed by atoms with Crippen LogP contribution in [0.1, 0.15) is 29.3 Å². The van der Waals surface area contributed by atoms with Crippen molar-refractivity contribution < 1.29 is 9.13 Å². The Bertz CT molecular complexity index is 525. The number of hydrogen-bond acceptors (Lipinski definition) is 1. The van der Waals surface area contributed by atoms with Crippen molar-refractivity contribution in [2.24, 2.45) is 0 Å². The molecule has 0 heterocycles. The van der Waals surface area contributed by atoms with Gasteiger partial charge in [0, 0.05) is 0 Å². The maximum atomic E-state index is 12.9. The minimum atomic E-state index is -0.219. The summed E-state index contributed by atoms with van der Waals surface area (Å²) in [5.74, 6) is 0.648. The molecule has 0 aliphatic heterocycles. The number of ether oxygens (including phenoxy) is 1. The number of rotatable bonds is 5. The molecule has 1 atom stereocenters. The van der Waals surface area contributed by atoms with Gasteiger partial charge < -0.3 is 4.74 Å². The lowest BCUT2D eigenvalue weighted by atomic mass is 10.0. The maximum absolute atomic E-state index is 12.9. The second-order valence-electron chi connectivity index (χ2n) is 4.34. The van der Waals surface area contributed by atoms with Gasteiger partial charge in [-0.15, -0.1) is 0 Å². The summed E-state index contributed by atoms with van der Waals surface area (Å²) in [6.45, 7) is 2.79. The average Bonchev–Trinajstić information content (AvgIpc) is 2.45. The zero-order valence-corrected chi connectivity index (χ0v) is 12.4. The molecule has 2 aromatic carbocycles. The van der Waals surface area contributed by atoms with Gasteiger partial charge in [-0.3, -0.25) is 0 Å². The molecule has 0 fully saturated rings. The Morgan fingerprint density at radius 1 is 1.11 bits per heavy atom. The molecule has 0 bridgehead atoms. The van der Waals surface area contributed by atoms with Gasteiger partial charge in [0.15, 0.2) is 0 Å². The van der Waals surface area contributed by atoms with Crippen LogP contribution in [0.2, 0.25) is 0 Å². The van der Waals surface area contributed by atoms with Crippen molar-refractivity contribution >= 4 is 15.9 Å². The summed E-state index contributed by atoms with van der Waals surface area (Å²) in [4.78, 5) is 0.0401. The van der Waals surface area contributed by atoms with Gasteiger partial charge in [0.1, 0.15) is 11.6 Å². The summed E-state index contributed by atoms with van der Waals surface area (Å²) >= 11 is 3.64. The second kappa shape index (κ2) is 6.71. The summed E-state index contributed by atoms with van der Waals surface area (Å²) in [6.07, 6.45) is 0.986. The Kier molecular flexibility index (Phi) is 4.97. The first-order valence-electron chi connectivity index (χ1n) is 6.33. The molecule has 0 saturated carbocycles. The van der Waals surface area contributed by atoms with Gasteiger partial charge in [-0.05, 0) is 41.8 Å². The summed E-state index contributed by atoms with van der Waals surface area (Å²) in [5.41, 5.74) is 2.12. The third-order valence-corrected chi connectivity index (χ3v) is 3.84. The zero-order chi connectivity index (χ0) is 13.7. The highest BCUT2D eigenvalue weighted by Gasteiger charge is 2.11. The van der Waals surface area contributed by atoms with Crippen molar-refractivity contribution in [3.63, 3.8) is 0 Å². The second-order valence-corrected chi connectivity index (χ2v) is 5.25. The van der Waals surface area contributed by atoms with E-state index < -0.39 is 0 Å². The average molecular weight is 323 g/mol. The normalized spacial score (nSPS) is 12.2. The highest BCUT2D eigenvalue weighted by Crippen LogP contribution is 2.32. The summed E-state index contributed by atoms with van der Waals surface area (Å²) in [6, 6.07) is 14.5. The smallest absolute Gasteiger partial charge is 0.123 e. The number of hydrogen-bond donors (Lipinski definition) is 0. The van der Waals surface area contributed by atoms with Crippen LogP contribution in [0.5, 0.6) is 5.75 Å². The van der Waals surface area contributed by atoms with Crippen LogP contribution >= 0.6 is 15.9 Å². The van der Waals surface area contributed by atoms with Crippen LogP contribution in [0.3, 0.4) is 0 Å². The standard InChI is InChI=1S/C16H16BrFO/c1-2-10-19-15-5-3-4-13(11-15)16(17)12-6-8-14(18)9-7-12/h3-9,11,16H,2,10H2,1H3. The lowest BCUT2D eigenvalue weighted by molar-refractivity contribution is 0.317. The Hall–Kier alpha value is -1.35. The van der Waals surface area contributed by atoms with Crippen molar-refractivity contribution in [1.82, 2.24) is 0 Å². The Morgan fingerprint density at radius 3 is 2.53 bits per heavy atom. The van der Waals surface area contributed by atoms with Gasteiger partial charge in [-0.2, -0.15) is 0 Å². The maximum Gasteiger partial charge on any atom is 0.123 e. The first-order valence-corrected chi connectivity index (χ1v) is 7.24. The van der Waals surface area contributed by atoms with E-state index in [2.05, 4.69) is 22.9 Å². The van der Waals surface area contributed by atoms with Crippen LogP contribution < -0.4 is 4.74 Å². The van der Waals surface area contributed by atoms with Gasteiger partial charge >= 0.3 is 0 Å². The lowest BCUT2D eigenvalue weighted by Crippen LogP contribution is -1.97. The number of benzene rings is 2. The molecule has 3 heteroatoms. The van der Waals surface area contributed by atoms with Crippen LogP contribution in [0.4, 0.5) is 4.39 Å². The predicted octanol–water partition coefficient (Wildman–Crippen LogP) is 5.10. The molecule has 0 N–H and O–H groups in total. The zero-order valence-electron chi connectivity index (χ0n) is 10.8. The van der Waals surface area contributed by atoms with E-state index in [0.29, 0.717) is 6.61 Å². The summed E-state index contributed by atoms with van der Waals surface area (Å²) in [7, 11) is 0. The van der Waals surface area contributed by atoms with Crippen LogP contribution in [-0.2, 0) is 0 Å². The molecule has 0 aliphatic carbocycles.